The second kappa shape index (κ2) is 4.75. The number of aromatic nitrogens is 3. The molecule has 2 aromatic heterocycles. The fourth-order valence-electron chi connectivity index (χ4n) is 1.74. The van der Waals surface area contributed by atoms with E-state index in [1.165, 1.54) is 22.2 Å². The minimum Gasteiger partial charge on any atom is -0.496 e. The van der Waals surface area contributed by atoms with Crippen LogP contribution in [-0.2, 0) is 0 Å². The average molecular weight is 338 g/mol. The van der Waals surface area contributed by atoms with E-state index in [-0.39, 0.29) is 5.56 Å². The molecule has 0 spiro atoms. The van der Waals surface area contributed by atoms with Crippen molar-refractivity contribution in [1.82, 2.24) is 14.6 Å². The second-order valence-electron chi connectivity index (χ2n) is 3.76. The van der Waals surface area contributed by atoms with Crippen LogP contribution in [0, 0.1) is 0 Å². The lowest BCUT2D eigenvalue weighted by Gasteiger charge is -2.04. The number of fused-ring (bicyclic) bond motifs is 1. The third kappa shape index (κ3) is 2.15. The summed E-state index contributed by atoms with van der Waals surface area (Å²) < 4.78 is 8.07. The lowest BCUT2D eigenvalue weighted by molar-refractivity contribution is 0.414. The zero-order chi connectivity index (χ0) is 13.4. The molecule has 0 aliphatic carbocycles. The Hall–Kier alpha value is -1.73. The van der Waals surface area contributed by atoms with Gasteiger partial charge in [-0.2, -0.15) is 9.61 Å². The molecule has 1 aromatic carbocycles. The number of hydrogen-bond acceptors (Lipinski definition) is 5. The zero-order valence-electron chi connectivity index (χ0n) is 9.83. The van der Waals surface area contributed by atoms with E-state index in [2.05, 4.69) is 26.0 Å². The largest absolute Gasteiger partial charge is 0.496 e. The van der Waals surface area contributed by atoms with Gasteiger partial charge in [-0.3, -0.25) is 4.79 Å². The molecule has 0 atom stereocenters. The molecule has 0 bridgehead atoms. The zero-order valence-corrected chi connectivity index (χ0v) is 12.2. The molecular weight excluding hydrogens is 330 g/mol. The Morgan fingerprint density at radius 2 is 2.32 bits per heavy atom. The number of rotatable bonds is 2. The molecule has 0 unspecified atom stereocenters. The predicted octanol–water partition coefficient (Wildman–Crippen LogP) is 1.47. The minimum absolute atomic E-state index is 0.167. The van der Waals surface area contributed by atoms with E-state index in [0.717, 1.165) is 10.0 Å². The van der Waals surface area contributed by atoms with Crippen LogP contribution >= 0.6 is 27.3 Å². The van der Waals surface area contributed by atoms with Crippen molar-refractivity contribution < 1.29 is 4.74 Å². The summed E-state index contributed by atoms with van der Waals surface area (Å²) in [6, 6.07) is 5.63. The van der Waals surface area contributed by atoms with Crippen LogP contribution in [0.3, 0.4) is 0 Å². The molecule has 5 nitrogen and oxygen atoms in total. The van der Waals surface area contributed by atoms with Crippen molar-refractivity contribution in [3.05, 3.63) is 49.4 Å². The maximum Gasteiger partial charge on any atom is 0.291 e. The first-order valence-corrected chi connectivity index (χ1v) is 6.98. The summed E-state index contributed by atoms with van der Waals surface area (Å²) in [7, 11) is 1.60. The van der Waals surface area contributed by atoms with E-state index in [4.69, 9.17) is 4.74 Å². The average Bonchev–Trinajstić information content (AvgIpc) is 2.95. The highest BCUT2D eigenvalue weighted by Gasteiger charge is 2.07. The number of benzene rings is 1. The Morgan fingerprint density at radius 3 is 3.05 bits per heavy atom. The van der Waals surface area contributed by atoms with E-state index in [1.807, 2.05) is 18.2 Å². The molecule has 0 saturated carbocycles. The molecule has 0 aliphatic heterocycles. The van der Waals surface area contributed by atoms with Crippen LogP contribution in [0.2, 0.25) is 0 Å². The summed E-state index contributed by atoms with van der Waals surface area (Å²) in [4.78, 5) is 16.7. The Morgan fingerprint density at radius 1 is 1.47 bits per heavy atom. The van der Waals surface area contributed by atoms with E-state index in [1.54, 1.807) is 13.2 Å². The van der Waals surface area contributed by atoms with Crippen LogP contribution < -0.4 is 14.8 Å². The Labute approximate surface area is 120 Å². The molecule has 0 N–H and O–H groups in total. The molecule has 2 heterocycles. The van der Waals surface area contributed by atoms with Gasteiger partial charge in [0.1, 0.15) is 12.1 Å². The summed E-state index contributed by atoms with van der Waals surface area (Å²) in [6.45, 7) is 0. The van der Waals surface area contributed by atoms with Crippen molar-refractivity contribution in [1.29, 1.82) is 0 Å². The number of thiazole rings is 1. The number of nitrogens with zero attached hydrogens (tertiary/aromatic N) is 3. The van der Waals surface area contributed by atoms with Gasteiger partial charge in [-0.1, -0.05) is 27.3 Å². The van der Waals surface area contributed by atoms with Crippen molar-refractivity contribution >= 4 is 38.3 Å². The molecule has 96 valence electrons. The van der Waals surface area contributed by atoms with Gasteiger partial charge in [-0.15, -0.1) is 0 Å². The van der Waals surface area contributed by atoms with Gasteiger partial charge < -0.3 is 4.74 Å². The molecule has 3 rings (SSSR count). The van der Waals surface area contributed by atoms with Crippen molar-refractivity contribution in [2.24, 2.45) is 0 Å². The monoisotopic (exact) mass is 337 g/mol. The summed E-state index contributed by atoms with van der Waals surface area (Å²) in [6.07, 6.45) is 3.16. The van der Waals surface area contributed by atoms with Crippen molar-refractivity contribution in [2.75, 3.05) is 7.11 Å². The van der Waals surface area contributed by atoms with Crippen molar-refractivity contribution in [3.8, 4) is 5.75 Å². The van der Waals surface area contributed by atoms with Gasteiger partial charge in [0.05, 0.1) is 11.6 Å². The fourth-order valence-corrected chi connectivity index (χ4v) is 2.99. The van der Waals surface area contributed by atoms with Gasteiger partial charge in [0.15, 0.2) is 0 Å². The third-order valence-electron chi connectivity index (χ3n) is 2.60. The highest BCUT2D eigenvalue weighted by Crippen LogP contribution is 2.23. The second-order valence-corrected chi connectivity index (χ2v) is 5.68. The topological polar surface area (TPSA) is 56.5 Å². The predicted molar refractivity (Wildman–Crippen MR) is 76.6 cm³/mol. The summed E-state index contributed by atoms with van der Waals surface area (Å²) in [5, 5.41) is 3.88. The molecule has 0 amide bonds. The summed E-state index contributed by atoms with van der Waals surface area (Å²) in [5.41, 5.74) is 0.665. The molecule has 3 aromatic rings. The molecule has 19 heavy (non-hydrogen) atoms. The van der Waals surface area contributed by atoms with Gasteiger partial charge in [-0.05, 0) is 24.3 Å². The van der Waals surface area contributed by atoms with Crippen LogP contribution in [0.25, 0.3) is 11.0 Å². The van der Waals surface area contributed by atoms with Gasteiger partial charge in [0.2, 0.25) is 4.96 Å². The minimum atomic E-state index is -0.167. The van der Waals surface area contributed by atoms with E-state index < -0.39 is 0 Å². The molecular formula is C12H8BrN3O2S. The van der Waals surface area contributed by atoms with Gasteiger partial charge in [0, 0.05) is 10.0 Å². The Kier molecular flexibility index (Phi) is 3.08. The lowest BCUT2D eigenvalue weighted by atomic mass is 10.2. The molecule has 7 heteroatoms. The summed E-state index contributed by atoms with van der Waals surface area (Å²) in [5.74, 6) is 0.710. The smallest absolute Gasteiger partial charge is 0.291 e. The fraction of sp³-hybridized carbons (Fsp3) is 0.0833. The van der Waals surface area contributed by atoms with E-state index in [0.29, 0.717) is 15.2 Å². The van der Waals surface area contributed by atoms with E-state index in [9.17, 15) is 4.79 Å². The first-order valence-electron chi connectivity index (χ1n) is 5.37. The molecule has 0 radical (unpaired) electrons. The van der Waals surface area contributed by atoms with E-state index >= 15 is 0 Å². The molecule has 0 saturated heterocycles. The summed E-state index contributed by atoms with van der Waals surface area (Å²) >= 11 is 4.71. The van der Waals surface area contributed by atoms with Crippen LogP contribution in [-0.4, -0.2) is 21.7 Å². The highest BCUT2D eigenvalue weighted by atomic mass is 79.9. The van der Waals surface area contributed by atoms with Crippen molar-refractivity contribution in [3.63, 3.8) is 0 Å². The van der Waals surface area contributed by atoms with Gasteiger partial charge >= 0.3 is 0 Å². The quantitative estimate of drug-likeness (QED) is 0.710. The Bertz CT molecular complexity index is 856. The van der Waals surface area contributed by atoms with Crippen LogP contribution in [0.15, 0.2) is 33.8 Å². The standard InChI is InChI=1S/C12H8BrN3O2S/c1-18-9-3-2-8(13)4-7(9)5-10-11(17)16-12(19-10)14-6-15-16/h2-6H,1H3/b10-5-. The van der Waals surface area contributed by atoms with Crippen LogP contribution in [0.1, 0.15) is 5.56 Å². The number of halogens is 1. The third-order valence-corrected chi connectivity index (χ3v) is 4.07. The van der Waals surface area contributed by atoms with Crippen LogP contribution in [0.4, 0.5) is 0 Å². The Balaban J connectivity index is 2.25. The van der Waals surface area contributed by atoms with Gasteiger partial charge in [0.25, 0.3) is 5.56 Å². The van der Waals surface area contributed by atoms with Gasteiger partial charge in [-0.25, -0.2) is 4.98 Å². The highest BCUT2D eigenvalue weighted by molar-refractivity contribution is 9.10. The van der Waals surface area contributed by atoms with Crippen molar-refractivity contribution in [2.45, 2.75) is 0 Å². The SMILES string of the molecule is COc1ccc(Br)cc1/C=c1\sc2ncnn2c1=O. The molecule has 0 aliphatic rings. The first kappa shape index (κ1) is 12.3. The number of ether oxygens (including phenoxy) is 1. The molecule has 0 fully saturated rings. The normalized spacial score (nSPS) is 12.2. The first-order chi connectivity index (χ1) is 9.19. The maximum absolute atomic E-state index is 12.1. The number of methoxy groups -OCH3 is 1. The van der Waals surface area contributed by atoms with Crippen LogP contribution in [0.5, 0.6) is 5.75 Å². The number of hydrogen-bond donors (Lipinski definition) is 0. The maximum atomic E-state index is 12.1. The lowest BCUT2D eigenvalue weighted by Crippen LogP contribution is -2.23.